The number of aliphatic carboxylic acids is 1. The summed E-state index contributed by atoms with van der Waals surface area (Å²) >= 11 is 0. The minimum atomic E-state index is -5.08. The predicted octanol–water partition coefficient (Wildman–Crippen LogP) is 4.37. The molecule has 9 heteroatoms. The van der Waals surface area contributed by atoms with Gasteiger partial charge in [-0.3, -0.25) is 4.90 Å². The molecule has 0 saturated carbocycles. The molecule has 2 amide bonds. The van der Waals surface area contributed by atoms with Crippen molar-refractivity contribution in [2.75, 3.05) is 31.5 Å². The number of carbonyl (C=O) groups is 2. The zero-order valence-electron chi connectivity index (χ0n) is 17.7. The van der Waals surface area contributed by atoms with Gasteiger partial charge in [0.15, 0.2) is 0 Å². The number of hydrogen-bond donors (Lipinski definition) is 2. The summed E-state index contributed by atoms with van der Waals surface area (Å²) in [5.74, 6) is -2.76. The molecule has 2 N–H and O–H groups in total. The van der Waals surface area contributed by atoms with Crippen LogP contribution in [0.25, 0.3) is 0 Å². The number of aryl methyl sites for hydroxylation is 1. The van der Waals surface area contributed by atoms with E-state index in [-0.39, 0.29) is 6.03 Å². The van der Waals surface area contributed by atoms with Crippen LogP contribution in [-0.2, 0) is 11.3 Å². The quantitative estimate of drug-likeness (QED) is 0.730. The van der Waals surface area contributed by atoms with Crippen molar-refractivity contribution in [2.24, 2.45) is 5.41 Å². The molecule has 0 unspecified atom stereocenters. The van der Waals surface area contributed by atoms with E-state index in [2.05, 4.69) is 41.4 Å². The molecule has 4 rings (SSSR count). The third kappa shape index (κ3) is 6.00. The highest BCUT2D eigenvalue weighted by Gasteiger charge is 2.48. The number of carboxylic acid groups (broad SMARTS) is 1. The first-order valence-electron chi connectivity index (χ1n) is 10.3. The van der Waals surface area contributed by atoms with Crippen LogP contribution in [0.2, 0.25) is 0 Å². The second-order valence-electron chi connectivity index (χ2n) is 8.34. The number of rotatable bonds is 3. The number of nitrogens with one attached hydrogen (secondary N) is 1. The molecule has 2 aliphatic rings. The van der Waals surface area contributed by atoms with Crippen molar-refractivity contribution in [2.45, 2.75) is 26.1 Å². The Morgan fingerprint density at radius 2 is 1.62 bits per heavy atom. The van der Waals surface area contributed by atoms with Crippen LogP contribution in [0.1, 0.15) is 17.5 Å². The van der Waals surface area contributed by atoms with E-state index in [1.807, 2.05) is 35.2 Å². The second-order valence-corrected chi connectivity index (χ2v) is 8.34. The number of carboxylic acids is 1. The molecule has 0 bridgehead atoms. The highest BCUT2D eigenvalue weighted by Crippen LogP contribution is 2.40. The maximum atomic E-state index is 12.5. The highest BCUT2D eigenvalue weighted by molar-refractivity contribution is 5.89. The highest BCUT2D eigenvalue weighted by atomic mass is 19.4. The van der Waals surface area contributed by atoms with Crippen molar-refractivity contribution >= 4 is 17.7 Å². The van der Waals surface area contributed by atoms with E-state index in [1.54, 1.807) is 0 Å². The smallest absolute Gasteiger partial charge is 0.475 e. The first-order valence-corrected chi connectivity index (χ1v) is 10.3. The van der Waals surface area contributed by atoms with Gasteiger partial charge in [0.05, 0.1) is 0 Å². The predicted molar refractivity (Wildman–Crippen MR) is 114 cm³/mol. The van der Waals surface area contributed by atoms with Gasteiger partial charge in [0.25, 0.3) is 0 Å². The molecule has 6 nitrogen and oxygen atoms in total. The van der Waals surface area contributed by atoms with Crippen LogP contribution in [-0.4, -0.2) is 59.3 Å². The van der Waals surface area contributed by atoms with Gasteiger partial charge >= 0.3 is 18.2 Å². The van der Waals surface area contributed by atoms with Crippen LogP contribution >= 0.6 is 0 Å². The van der Waals surface area contributed by atoms with Crippen molar-refractivity contribution in [1.29, 1.82) is 0 Å². The average Bonchev–Trinajstić information content (AvgIpc) is 3.16. The Bertz CT molecular complexity index is 944. The molecule has 0 radical (unpaired) electrons. The van der Waals surface area contributed by atoms with E-state index in [0.29, 0.717) is 5.41 Å². The van der Waals surface area contributed by atoms with Crippen LogP contribution in [0.5, 0.6) is 0 Å². The van der Waals surface area contributed by atoms with E-state index in [0.717, 1.165) is 44.8 Å². The Morgan fingerprint density at radius 1 is 1.03 bits per heavy atom. The summed E-state index contributed by atoms with van der Waals surface area (Å²) in [6.45, 7) is 7.11. The van der Waals surface area contributed by atoms with Crippen molar-refractivity contribution in [3.05, 3.63) is 65.7 Å². The maximum absolute atomic E-state index is 12.5. The van der Waals surface area contributed by atoms with Gasteiger partial charge in [0.1, 0.15) is 0 Å². The summed E-state index contributed by atoms with van der Waals surface area (Å²) in [5, 5.41) is 10.1. The average molecular weight is 449 g/mol. The summed E-state index contributed by atoms with van der Waals surface area (Å²) in [6.07, 6.45) is -3.97. The summed E-state index contributed by atoms with van der Waals surface area (Å²) in [4.78, 5) is 25.8. The number of likely N-dealkylation sites (tertiary alicyclic amines) is 2. The third-order valence-corrected chi connectivity index (χ3v) is 5.77. The lowest BCUT2D eigenvalue weighted by Gasteiger charge is -2.48. The Morgan fingerprint density at radius 3 is 2.22 bits per heavy atom. The first kappa shape index (κ1) is 23.6. The summed E-state index contributed by atoms with van der Waals surface area (Å²) in [6, 6.07) is 18.3. The molecular formula is C23H26F3N3O3. The van der Waals surface area contributed by atoms with Crippen LogP contribution in [0.3, 0.4) is 0 Å². The number of carbonyl (C=O) groups excluding carboxylic acids is 1. The van der Waals surface area contributed by atoms with Crippen LogP contribution in [0, 0.1) is 12.3 Å². The number of hydrogen-bond acceptors (Lipinski definition) is 3. The topological polar surface area (TPSA) is 72.9 Å². The van der Waals surface area contributed by atoms with Crippen LogP contribution in [0.15, 0.2) is 54.6 Å². The second kappa shape index (κ2) is 9.60. The molecule has 32 heavy (non-hydrogen) atoms. The number of halogens is 3. The van der Waals surface area contributed by atoms with Gasteiger partial charge in [-0.2, -0.15) is 13.2 Å². The molecule has 2 aromatic carbocycles. The molecular weight excluding hydrogens is 423 g/mol. The molecule has 2 fully saturated rings. The van der Waals surface area contributed by atoms with Gasteiger partial charge < -0.3 is 15.3 Å². The Kier molecular flexibility index (Phi) is 7.08. The van der Waals surface area contributed by atoms with Gasteiger partial charge in [-0.25, -0.2) is 9.59 Å². The summed E-state index contributed by atoms with van der Waals surface area (Å²) < 4.78 is 31.7. The number of alkyl halides is 3. The number of nitrogens with zero attached hydrogens (tertiary/aromatic N) is 2. The van der Waals surface area contributed by atoms with E-state index in [9.17, 15) is 18.0 Å². The van der Waals surface area contributed by atoms with E-state index >= 15 is 0 Å². The molecule has 172 valence electrons. The third-order valence-electron chi connectivity index (χ3n) is 5.77. The number of urea groups is 1. The van der Waals surface area contributed by atoms with Crippen molar-refractivity contribution in [3.8, 4) is 0 Å². The lowest BCUT2D eigenvalue weighted by atomic mass is 9.79. The fourth-order valence-corrected chi connectivity index (χ4v) is 4.13. The minimum absolute atomic E-state index is 0.0282. The van der Waals surface area contributed by atoms with E-state index in [1.165, 1.54) is 11.1 Å². The maximum Gasteiger partial charge on any atom is 0.490 e. The van der Waals surface area contributed by atoms with E-state index in [4.69, 9.17) is 9.90 Å². The van der Waals surface area contributed by atoms with Gasteiger partial charge in [0, 0.05) is 43.8 Å². The zero-order valence-corrected chi connectivity index (χ0v) is 17.7. The molecule has 0 atom stereocenters. The number of para-hydroxylation sites is 1. The van der Waals surface area contributed by atoms with Gasteiger partial charge in [0.2, 0.25) is 0 Å². The minimum Gasteiger partial charge on any atom is -0.475 e. The SMILES string of the molecule is Cc1ccccc1CN1CC2(CCN(C(=O)Nc3ccccc3)C2)C1.O=C(O)C(F)(F)F. The fourth-order valence-electron chi connectivity index (χ4n) is 4.13. The van der Waals surface area contributed by atoms with Crippen molar-refractivity contribution in [1.82, 2.24) is 9.80 Å². The molecule has 2 aromatic rings. The normalized spacial score (nSPS) is 17.3. The van der Waals surface area contributed by atoms with Gasteiger partial charge in [-0.15, -0.1) is 0 Å². The lowest BCUT2D eigenvalue weighted by Crippen LogP contribution is -2.57. The summed E-state index contributed by atoms with van der Waals surface area (Å²) in [5.41, 5.74) is 3.94. The lowest BCUT2D eigenvalue weighted by molar-refractivity contribution is -0.192. The van der Waals surface area contributed by atoms with Gasteiger partial charge in [-0.05, 0) is 36.6 Å². The monoisotopic (exact) mass is 449 g/mol. The van der Waals surface area contributed by atoms with E-state index < -0.39 is 12.1 Å². The Hall–Kier alpha value is -3.07. The number of amides is 2. The van der Waals surface area contributed by atoms with Crippen molar-refractivity contribution in [3.63, 3.8) is 0 Å². The number of anilines is 1. The largest absolute Gasteiger partial charge is 0.490 e. The molecule has 0 aliphatic carbocycles. The molecule has 1 spiro atoms. The van der Waals surface area contributed by atoms with Crippen LogP contribution in [0.4, 0.5) is 23.7 Å². The molecule has 0 aromatic heterocycles. The number of benzene rings is 2. The Labute approximate surface area is 184 Å². The Balaban J connectivity index is 0.000000360. The summed E-state index contributed by atoms with van der Waals surface area (Å²) in [7, 11) is 0. The molecule has 2 saturated heterocycles. The zero-order chi connectivity index (χ0) is 23.4. The molecule has 2 aliphatic heterocycles. The fraction of sp³-hybridized carbons (Fsp3) is 0.391. The van der Waals surface area contributed by atoms with Crippen molar-refractivity contribution < 1.29 is 27.9 Å². The van der Waals surface area contributed by atoms with Gasteiger partial charge in [-0.1, -0.05) is 42.5 Å². The molecule has 2 heterocycles. The van der Waals surface area contributed by atoms with Crippen LogP contribution < -0.4 is 5.32 Å². The first-order chi connectivity index (χ1) is 15.1. The standard InChI is InChI=1S/C21H25N3O.C2HF3O2/c1-17-7-5-6-8-18(17)13-23-14-21(15-23)11-12-24(16-21)20(25)22-19-9-3-2-4-10-19;3-2(4,5)1(6)7/h2-10H,11-16H2,1H3,(H,22,25);(H,6,7).